The van der Waals surface area contributed by atoms with Crippen molar-refractivity contribution in [1.29, 1.82) is 0 Å². The van der Waals surface area contributed by atoms with Gasteiger partial charge in [0.1, 0.15) is 5.58 Å². The molecule has 0 spiro atoms. The fourth-order valence-electron chi connectivity index (χ4n) is 5.01. The molecule has 0 aliphatic carbocycles. The Bertz CT molecular complexity index is 1830. The third kappa shape index (κ3) is 2.96. The second-order valence-electron chi connectivity index (χ2n) is 8.68. The Hall–Kier alpha value is -4.56. The number of para-hydroxylation sites is 2. The van der Waals surface area contributed by atoms with Crippen LogP contribution in [0.1, 0.15) is 0 Å². The van der Waals surface area contributed by atoms with E-state index in [0.29, 0.717) is 0 Å². The van der Waals surface area contributed by atoms with Crippen molar-refractivity contribution in [2.75, 3.05) is 5.32 Å². The summed E-state index contributed by atoms with van der Waals surface area (Å²) in [7, 11) is 0. The molecule has 0 bridgehead atoms. The van der Waals surface area contributed by atoms with Gasteiger partial charge in [-0.05, 0) is 45.3 Å². The number of rotatable bonds is 3. The third-order valence-electron chi connectivity index (χ3n) is 6.63. The monoisotopic (exact) mass is 435 g/mol. The maximum atomic E-state index is 6.52. The van der Waals surface area contributed by atoms with Crippen LogP contribution in [0, 0.1) is 0 Å². The summed E-state index contributed by atoms with van der Waals surface area (Å²) >= 11 is 0. The van der Waals surface area contributed by atoms with E-state index in [4.69, 9.17) is 4.42 Å². The van der Waals surface area contributed by atoms with Crippen LogP contribution < -0.4 is 5.32 Å². The molecule has 0 saturated carbocycles. The molecule has 0 atom stereocenters. The summed E-state index contributed by atoms with van der Waals surface area (Å²) in [5.41, 5.74) is 6.07. The first kappa shape index (κ1) is 19.0. The summed E-state index contributed by atoms with van der Waals surface area (Å²) in [5.74, 6) is 0. The van der Waals surface area contributed by atoms with Crippen molar-refractivity contribution in [3.63, 3.8) is 0 Å². The Labute approximate surface area is 197 Å². The predicted molar refractivity (Wildman–Crippen MR) is 144 cm³/mol. The number of benzene rings is 6. The van der Waals surface area contributed by atoms with Gasteiger partial charge in [-0.15, -0.1) is 0 Å². The van der Waals surface area contributed by atoms with E-state index in [1.54, 1.807) is 0 Å². The number of fused-ring (bicyclic) bond motifs is 6. The number of hydrogen-bond donors (Lipinski definition) is 1. The highest BCUT2D eigenvalue weighted by Gasteiger charge is 2.14. The average Bonchev–Trinajstić information content (AvgIpc) is 3.29. The minimum atomic E-state index is 0.875. The molecule has 0 amide bonds. The van der Waals surface area contributed by atoms with E-state index < -0.39 is 0 Å². The molecule has 2 nitrogen and oxygen atoms in total. The molecule has 1 heterocycles. The summed E-state index contributed by atoms with van der Waals surface area (Å²) in [4.78, 5) is 0. The Kier molecular flexibility index (Phi) is 4.18. The lowest BCUT2D eigenvalue weighted by molar-refractivity contribution is 0.671. The van der Waals surface area contributed by atoms with Gasteiger partial charge >= 0.3 is 0 Å². The first-order valence-electron chi connectivity index (χ1n) is 11.5. The minimum Gasteiger partial charge on any atom is -0.453 e. The molecular formula is C32H21NO. The first-order valence-corrected chi connectivity index (χ1v) is 11.5. The van der Waals surface area contributed by atoms with E-state index in [1.165, 1.54) is 21.5 Å². The molecule has 0 fully saturated rings. The molecule has 1 aromatic heterocycles. The molecule has 2 heteroatoms. The van der Waals surface area contributed by atoms with E-state index in [2.05, 4.69) is 121 Å². The second kappa shape index (κ2) is 7.50. The fourth-order valence-corrected chi connectivity index (χ4v) is 5.01. The zero-order chi connectivity index (χ0) is 22.5. The van der Waals surface area contributed by atoms with Gasteiger partial charge in [0.2, 0.25) is 0 Å². The zero-order valence-electron chi connectivity index (χ0n) is 18.5. The SMILES string of the molecule is c1ccc(-c2cccc3c2oc2c(Nc4ccc5c(ccc6ccccc65)c4)cccc23)cc1. The van der Waals surface area contributed by atoms with Crippen LogP contribution in [0.2, 0.25) is 0 Å². The van der Waals surface area contributed by atoms with Gasteiger partial charge in [-0.2, -0.15) is 0 Å². The Morgan fingerprint density at radius 2 is 1.18 bits per heavy atom. The highest BCUT2D eigenvalue weighted by atomic mass is 16.3. The van der Waals surface area contributed by atoms with E-state index in [0.717, 1.165) is 44.4 Å². The molecule has 0 saturated heterocycles. The highest BCUT2D eigenvalue weighted by molar-refractivity contribution is 6.13. The van der Waals surface area contributed by atoms with Gasteiger partial charge in [-0.3, -0.25) is 0 Å². The van der Waals surface area contributed by atoms with Crippen LogP contribution in [0.4, 0.5) is 11.4 Å². The van der Waals surface area contributed by atoms with Gasteiger partial charge < -0.3 is 9.73 Å². The normalized spacial score (nSPS) is 11.5. The standard InChI is InChI=1S/C32H21NO/c1-2-8-21(9-3-1)27-12-6-13-28-29-14-7-15-30(32(29)34-31(27)28)33-24-18-19-26-23(20-24)17-16-22-10-4-5-11-25(22)26/h1-20,33H. The van der Waals surface area contributed by atoms with Crippen molar-refractivity contribution >= 4 is 54.9 Å². The van der Waals surface area contributed by atoms with Crippen LogP contribution in [-0.2, 0) is 0 Å². The topological polar surface area (TPSA) is 25.2 Å². The lowest BCUT2D eigenvalue weighted by Crippen LogP contribution is -1.90. The maximum absolute atomic E-state index is 6.52. The maximum Gasteiger partial charge on any atom is 0.158 e. The van der Waals surface area contributed by atoms with Gasteiger partial charge in [-0.25, -0.2) is 0 Å². The number of furan rings is 1. The zero-order valence-corrected chi connectivity index (χ0v) is 18.5. The van der Waals surface area contributed by atoms with Gasteiger partial charge in [0.15, 0.2) is 5.58 Å². The molecule has 0 aliphatic heterocycles. The minimum absolute atomic E-state index is 0.875. The van der Waals surface area contributed by atoms with Gasteiger partial charge in [0.05, 0.1) is 5.69 Å². The van der Waals surface area contributed by atoms with E-state index >= 15 is 0 Å². The smallest absolute Gasteiger partial charge is 0.158 e. The van der Waals surface area contributed by atoms with Crippen LogP contribution >= 0.6 is 0 Å². The largest absolute Gasteiger partial charge is 0.453 e. The van der Waals surface area contributed by atoms with Crippen LogP contribution in [0.25, 0.3) is 54.6 Å². The molecule has 0 radical (unpaired) electrons. The summed E-state index contributed by atoms with van der Waals surface area (Å²) in [6, 6.07) is 42.5. The average molecular weight is 436 g/mol. The highest BCUT2D eigenvalue weighted by Crippen LogP contribution is 2.39. The lowest BCUT2D eigenvalue weighted by atomic mass is 10.0. The van der Waals surface area contributed by atoms with Crippen LogP contribution in [-0.4, -0.2) is 0 Å². The van der Waals surface area contributed by atoms with Gasteiger partial charge in [0, 0.05) is 22.0 Å². The number of nitrogens with one attached hydrogen (secondary N) is 1. The Balaban J connectivity index is 1.36. The predicted octanol–water partition coefficient (Wildman–Crippen LogP) is 9.30. The fraction of sp³-hybridized carbons (Fsp3) is 0. The van der Waals surface area contributed by atoms with Crippen molar-refractivity contribution < 1.29 is 4.42 Å². The quantitative estimate of drug-likeness (QED) is 0.280. The van der Waals surface area contributed by atoms with Crippen molar-refractivity contribution in [2.24, 2.45) is 0 Å². The van der Waals surface area contributed by atoms with E-state index in [1.807, 2.05) is 6.07 Å². The summed E-state index contributed by atoms with van der Waals surface area (Å²) in [6.07, 6.45) is 0. The molecular weight excluding hydrogens is 414 g/mol. The van der Waals surface area contributed by atoms with Crippen LogP contribution in [0.3, 0.4) is 0 Å². The molecule has 1 N–H and O–H groups in total. The van der Waals surface area contributed by atoms with E-state index in [9.17, 15) is 0 Å². The Morgan fingerprint density at radius 3 is 2.09 bits per heavy atom. The van der Waals surface area contributed by atoms with Gasteiger partial charge in [0.25, 0.3) is 0 Å². The van der Waals surface area contributed by atoms with Crippen molar-refractivity contribution in [3.8, 4) is 11.1 Å². The first-order chi connectivity index (χ1) is 16.8. The lowest BCUT2D eigenvalue weighted by Gasteiger charge is -2.10. The summed E-state index contributed by atoms with van der Waals surface area (Å²) in [6.45, 7) is 0. The van der Waals surface area contributed by atoms with Gasteiger partial charge in [-0.1, -0.05) is 103 Å². The molecule has 7 aromatic rings. The van der Waals surface area contributed by atoms with Crippen molar-refractivity contribution in [1.82, 2.24) is 0 Å². The molecule has 34 heavy (non-hydrogen) atoms. The molecule has 6 aromatic carbocycles. The van der Waals surface area contributed by atoms with E-state index in [-0.39, 0.29) is 0 Å². The molecule has 7 rings (SSSR count). The number of anilines is 2. The number of hydrogen-bond acceptors (Lipinski definition) is 2. The third-order valence-corrected chi connectivity index (χ3v) is 6.63. The second-order valence-corrected chi connectivity index (χ2v) is 8.68. The molecule has 0 aliphatic rings. The van der Waals surface area contributed by atoms with Crippen LogP contribution in [0.5, 0.6) is 0 Å². The van der Waals surface area contributed by atoms with Crippen LogP contribution in [0.15, 0.2) is 126 Å². The molecule has 0 unspecified atom stereocenters. The molecule has 160 valence electrons. The summed E-state index contributed by atoms with van der Waals surface area (Å²) < 4.78 is 6.52. The summed E-state index contributed by atoms with van der Waals surface area (Å²) in [5, 5.41) is 10.9. The Morgan fingerprint density at radius 1 is 0.471 bits per heavy atom. The van der Waals surface area contributed by atoms with Crippen molar-refractivity contribution in [2.45, 2.75) is 0 Å². The van der Waals surface area contributed by atoms with Crippen molar-refractivity contribution in [3.05, 3.63) is 121 Å².